The minimum Gasteiger partial charge on any atom is -0.494 e. The van der Waals surface area contributed by atoms with E-state index in [2.05, 4.69) is 0 Å². The van der Waals surface area contributed by atoms with E-state index in [1.165, 1.54) is 0 Å². The Bertz CT molecular complexity index is 336. The van der Waals surface area contributed by atoms with Crippen LogP contribution in [0, 0.1) is 0 Å². The molecule has 1 aromatic carbocycles. The molecule has 0 aliphatic heterocycles. The third-order valence-electron chi connectivity index (χ3n) is 1.68. The topological polar surface area (TPSA) is 46.5 Å². The first-order valence-corrected chi connectivity index (χ1v) is 4.64. The monoisotopic (exact) mass is 214 g/mol. The summed E-state index contributed by atoms with van der Waals surface area (Å²) in [5.74, 6) is -0.234. The molecule has 0 saturated carbocycles. The first kappa shape index (κ1) is 10.9. The standard InChI is InChI=1S/C10H11ClO3/c1-2-14-8-4-3-7(5-10(12)13)9(11)6-8/h3-4,6H,2,5H2,1H3,(H,12,13). The molecule has 1 N–H and O–H groups in total. The zero-order valence-corrected chi connectivity index (χ0v) is 8.54. The Morgan fingerprint density at radius 3 is 2.79 bits per heavy atom. The molecule has 0 aliphatic carbocycles. The van der Waals surface area contributed by atoms with Gasteiger partial charge in [0.05, 0.1) is 13.0 Å². The molecule has 0 spiro atoms. The summed E-state index contributed by atoms with van der Waals surface area (Å²) >= 11 is 5.87. The van der Waals surface area contributed by atoms with Crippen molar-refractivity contribution in [3.63, 3.8) is 0 Å². The number of hydrogen-bond acceptors (Lipinski definition) is 2. The van der Waals surface area contributed by atoms with E-state index in [9.17, 15) is 4.79 Å². The molecule has 0 heterocycles. The predicted molar refractivity (Wildman–Crippen MR) is 54.0 cm³/mol. The quantitative estimate of drug-likeness (QED) is 0.837. The van der Waals surface area contributed by atoms with Gasteiger partial charge in [-0.05, 0) is 24.6 Å². The highest BCUT2D eigenvalue weighted by atomic mass is 35.5. The van der Waals surface area contributed by atoms with Gasteiger partial charge in [-0.3, -0.25) is 4.79 Å². The van der Waals surface area contributed by atoms with Gasteiger partial charge in [-0.25, -0.2) is 0 Å². The summed E-state index contributed by atoms with van der Waals surface area (Å²) < 4.78 is 5.21. The Balaban J connectivity index is 2.84. The fourth-order valence-electron chi connectivity index (χ4n) is 1.09. The van der Waals surface area contributed by atoms with Crippen molar-refractivity contribution in [3.05, 3.63) is 28.8 Å². The molecule has 0 aromatic heterocycles. The van der Waals surface area contributed by atoms with E-state index in [0.29, 0.717) is 22.9 Å². The summed E-state index contributed by atoms with van der Waals surface area (Å²) in [6.45, 7) is 2.44. The highest BCUT2D eigenvalue weighted by Gasteiger charge is 2.06. The minimum absolute atomic E-state index is 0.0642. The average molecular weight is 215 g/mol. The van der Waals surface area contributed by atoms with Gasteiger partial charge >= 0.3 is 5.97 Å². The SMILES string of the molecule is CCOc1ccc(CC(=O)O)c(Cl)c1. The molecule has 0 atom stereocenters. The van der Waals surface area contributed by atoms with Crippen molar-refractivity contribution >= 4 is 17.6 Å². The van der Waals surface area contributed by atoms with E-state index < -0.39 is 5.97 Å². The lowest BCUT2D eigenvalue weighted by Crippen LogP contribution is -2.01. The number of benzene rings is 1. The third kappa shape index (κ3) is 2.92. The maximum atomic E-state index is 10.4. The number of aliphatic carboxylic acids is 1. The summed E-state index contributed by atoms with van der Waals surface area (Å²) in [5.41, 5.74) is 0.600. The van der Waals surface area contributed by atoms with Gasteiger partial charge in [0.2, 0.25) is 0 Å². The maximum absolute atomic E-state index is 10.4. The molecule has 14 heavy (non-hydrogen) atoms. The van der Waals surface area contributed by atoms with E-state index in [1.807, 2.05) is 6.92 Å². The first-order valence-electron chi connectivity index (χ1n) is 4.26. The van der Waals surface area contributed by atoms with E-state index in [1.54, 1.807) is 18.2 Å². The van der Waals surface area contributed by atoms with Gasteiger partial charge in [-0.15, -0.1) is 0 Å². The van der Waals surface area contributed by atoms with Gasteiger partial charge in [0.1, 0.15) is 5.75 Å². The number of hydrogen-bond donors (Lipinski definition) is 1. The smallest absolute Gasteiger partial charge is 0.307 e. The van der Waals surface area contributed by atoms with Crippen LogP contribution in [0.5, 0.6) is 5.75 Å². The number of carboxylic acids is 1. The van der Waals surface area contributed by atoms with Gasteiger partial charge in [-0.2, -0.15) is 0 Å². The largest absolute Gasteiger partial charge is 0.494 e. The lowest BCUT2D eigenvalue weighted by molar-refractivity contribution is -0.136. The molecule has 1 aromatic rings. The van der Waals surface area contributed by atoms with Gasteiger partial charge in [0.25, 0.3) is 0 Å². The molecule has 0 amide bonds. The molecule has 0 unspecified atom stereocenters. The van der Waals surface area contributed by atoms with Gasteiger partial charge in [0, 0.05) is 5.02 Å². The molecule has 76 valence electrons. The van der Waals surface area contributed by atoms with Crippen LogP contribution in [0.25, 0.3) is 0 Å². The second-order valence-corrected chi connectivity index (χ2v) is 3.16. The van der Waals surface area contributed by atoms with Crippen LogP contribution in [0.4, 0.5) is 0 Å². The summed E-state index contributed by atoms with van der Waals surface area (Å²) in [6, 6.07) is 5.01. The first-order chi connectivity index (χ1) is 6.63. The fraction of sp³-hybridized carbons (Fsp3) is 0.300. The third-order valence-corrected chi connectivity index (χ3v) is 2.03. The zero-order chi connectivity index (χ0) is 10.6. The molecule has 0 aliphatic rings. The van der Waals surface area contributed by atoms with Crippen molar-refractivity contribution in [1.82, 2.24) is 0 Å². The van der Waals surface area contributed by atoms with Crippen LogP contribution in [-0.4, -0.2) is 17.7 Å². The molecular weight excluding hydrogens is 204 g/mol. The number of carbonyl (C=O) groups is 1. The molecule has 0 bridgehead atoms. The maximum Gasteiger partial charge on any atom is 0.307 e. The molecule has 0 radical (unpaired) electrons. The average Bonchev–Trinajstić information content (AvgIpc) is 2.10. The molecule has 3 nitrogen and oxygen atoms in total. The molecule has 4 heteroatoms. The summed E-state index contributed by atoms with van der Waals surface area (Å²) in [6.07, 6.45) is -0.0642. The van der Waals surface area contributed by atoms with Crippen LogP contribution in [0.1, 0.15) is 12.5 Å². The highest BCUT2D eigenvalue weighted by molar-refractivity contribution is 6.31. The summed E-state index contributed by atoms with van der Waals surface area (Å²) in [7, 11) is 0. The number of halogens is 1. The Kier molecular flexibility index (Phi) is 3.77. The molecule has 1 rings (SSSR count). The Morgan fingerprint density at radius 1 is 1.57 bits per heavy atom. The lowest BCUT2D eigenvalue weighted by atomic mass is 10.1. The van der Waals surface area contributed by atoms with E-state index in [0.717, 1.165) is 0 Å². The number of rotatable bonds is 4. The van der Waals surface area contributed by atoms with Crippen LogP contribution < -0.4 is 4.74 Å². The normalized spacial score (nSPS) is 9.86. The van der Waals surface area contributed by atoms with Crippen LogP contribution >= 0.6 is 11.6 Å². The van der Waals surface area contributed by atoms with Crippen molar-refractivity contribution in [1.29, 1.82) is 0 Å². The molecule has 0 fully saturated rings. The second kappa shape index (κ2) is 4.86. The van der Waals surface area contributed by atoms with Gasteiger partial charge in [-0.1, -0.05) is 17.7 Å². The predicted octanol–water partition coefficient (Wildman–Crippen LogP) is 2.37. The summed E-state index contributed by atoms with van der Waals surface area (Å²) in [5, 5.41) is 9.00. The van der Waals surface area contributed by atoms with Crippen molar-refractivity contribution in [2.24, 2.45) is 0 Å². The van der Waals surface area contributed by atoms with Crippen LogP contribution in [0.15, 0.2) is 18.2 Å². The molecular formula is C10H11ClO3. The van der Waals surface area contributed by atoms with Crippen molar-refractivity contribution in [2.45, 2.75) is 13.3 Å². The van der Waals surface area contributed by atoms with Crippen molar-refractivity contribution < 1.29 is 14.6 Å². The Labute approximate surface area is 87.3 Å². The van der Waals surface area contributed by atoms with Gasteiger partial charge in [0.15, 0.2) is 0 Å². The Hall–Kier alpha value is -1.22. The Morgan fingerprint density at radius 2 is 2.29 bits per heavy atom. The fourth-order valence-corrected chi connectivity index (χ4v) is 1.33. The van der Waals surface area contributed by atoms with Crippen molar-refractivity contribution in [2.75, 3.05) is 6.61 Å². The number of carboxylic acid groups (broad SMARTS) is 1. The van der Waals surface area contributed by atoms with E-state index in [4.69, 9.17) is 21.4 Å². The summed E-state index contributed by atoms with van der Waals surface area (Å²) in [4.78, 5) is 10.4. The van der Waals surface area contributed by atoms with E-state index in [-0.39, 0.29) is 6.42 Å². The van der Waals surface area contributed by atoms with Crippen LogP contribution in [0.3, 0.4) is 0 Å². The van der Waals surface area contributed by atoms with Gasteiger partial charge < -0.3 is 9.84 Å². The van der Waals surface area contributed by atoms with Crippen LogP contribution in [0.2, 0.25) is 5.02 Å². The minimum atomic E-state index is -0.893. The number of ether oxygens (including phenoxy) is 1. The van der Waals surface area contributed by atoms with Crippen LogP contribution in [-0.2, 0) is 11.2 Å². The molecule has 0 saturated heterocycles. The lowest BCUT2D eigenvalue weighted by Gasteiger charge is -2.05. The van der Waals surface area contributed by atoms with Crippen molar-refractivity contribution in [3.8, 4) is 5.75 Å². The van der Waals surface area contributed by atoms with E-state index >= 15 is 0 Å². The second-order valence-electron chi connectivity index (χ2n) is 2.76. The highest BCUT2D eigenvalue weighted by Crippen LogP contribution is 2.22. The zero-order valence-electron chi connectivity index (χ0n) is 7.79.